The number of aromatic hydroxyl groups is 1. The average Bonchev–Trinajstić information content (AvgIpc) is 2.50. The van der Waals surface area contributed by atoms with Crippen molar-refractivity contribution in [1.82, 2.24) is 5.32 Å². The Morgan fingerprint density at radius 2 is 2.04 bits per heavy atom. The van der Waals surface area contributed by atoms with Gasteiger partial charge < -0.3 is 19.9 Å². The Labute approximate surface area is 137 Å². The van der Waals surface area contributed by atoms with E-state index < -0.39 is 23.5 Å². The normalized spacial score (nSPS) is 12.1. The van der Waals surface area contributed by atoms with Crippen LogP contribution in [0.4, 0.5) is 0 Å². The number of rotatable bonds is 6. The van der Waals surface area contributed by atoms with Crippen LogP contribution in [-0.4, -0.2) is 28.1 Å². The van der Waals surface area contributed by atoms with E-state index in [1.807, 2.05) is 6.92 Å². The summed E-state index contributed by atoms with van der Waals surface area (Å²) in [6.45, 7) is 3.50. The number of carbonyl (C=O) groups excluding carboxylic acids is 1. The molecule has 7 heteroatoms. The predicted octanol–water partition coefficient (Wildman–Crippen LogP) is 1.72. The maximum atomic E-state index is 12.1. The fraction of sp³-hybridized carbons (Fsp3) is 0.353. The van der Waals surface area contributed by atoms with Gasteiger partial charge in [-0.3, -0.25) is 4.79 Å². The second kappa shape index (κ2) is 7.16. The van der Waals surface area contributed by atoms with E-state index in [1.54, 1.807) is 13.0 Å². The number of aryl methyl sites for hydroxylation is 1. The molecule has 3 N–H and O–H groups in total. The summed E-state index contributed by atoms with van der Waals surface area (Å²) in [6, 6.07) is 3.41. The van der Waals surface area contributed by atoms with Gasteiger partial charge in [-0.1, -0.05) is 13.3 Å². The van der Waals surface area contributed by atoms with Gasteiger partial charge in [-0.05, 0) is 31.0 Å². The van der Waals surface area contributed by atoms with E-state index >= 15 is 0 Å². The van der Waals surface area contributed by atoms with Crippen molar-refractivity contribution in [2.45, 2.75) is 39.2 Å². The molecule has 24 heavy (non-hydrogen) atoms. The van der Waals surface area contributed by atoms with Gasteiger partial charge >= 0.3 is 11.6 Å². The Morgan fingerprint density at radius 3 is 2.67 bits per heavy atom. The lowest BCUT2D eigenvalue weighted by Gasteiger charge is -2.14. The molecule has 0 spiro atoms. The molecule has 128 valence electrons. The van der Waals surface area contributed by atoms with Gasteiger partial charge in [0.05, 0.1) is 12.0 Å². The highest BCUT2D eigenvalue weighted by Gasteiger charge is 2.21. The molecule has 2 rings (SSSR count). The molecule has 2 aromatic rings. The number of phenolic OH excluding ortho intramolecular Hbond substituents is 1. The van der Waals surface area contributed by atoms with Crippen molar-refractivity contribution in [3.63, 3.8) is 0 Å². The Morgan fingerprint density at radius 1 is 1.33 bits per heavy atom. The van der Waals surface area contributed by atoms with Gasteiger partial charge in [0.1, 0.15) is 17.4 Å². The molecule has 0 aliphatic rings. The quantitative estimate of drug-likeness (QED) is 0.693. The number of nitrogens with one attached hydrogen (secondary N) is 1. The number of carboxylic acid groups (broad SMARTS) is 1. The summed E-state index contributed by atoms with van der Waals surface area (Å²) in [5, 5.41) is 21.6. The SMILES string of the molecule is CCC[C@@H](NC(=O)Cc1c(C)c2ccc(O)cc2oc1=O)C(=O)O. The van der Waals surface area contributed by atoms with Crippen LogP contribution in [0.2, 0.25) is 0 Å². The molecule has 1 amide bonds. The smallest absolute Gasteiger partial charge is 0.340 e. The molecule has 1 heterocycles. The first kappa shape index (κ1) is 17.5. The van der Waals surface area contributed by atoms with Crippen LogP contribution in [0, 0.1) is 6.92 Å². The molecule has 1 aromatic carbocycles. The van der Waals surface area contributed by atoms with Crippen LogP contribution in [0.5, 0.6) is 5.75 Å². The number of hydrogen-bond donors (Lipinski definition) is 3. The topological polar surface area (TPSA) is 117 Å². The summed E-state index contributed by atoms with van der Waals surface area (Å²) in [5.41, 5.74) is 0.296. The molecule has 7 nitrogen and oxygen atoms in total. The van der Waals surface area contributed by atoms with Crippen LogP contribution < -0.4 is 10.9 Å². The summed E-state index contributed by atoms with van der Waals surface area (Å²) in [4.78, 5) is 35.3. The maximum absolute atomic E-state index is 12.1. The Balaban J connectivity index is 2.29. The standard InChI is InChI=1S/C17H19NO6/c1-3-4-13(16(21)22)18-15(20)8-12-9(2)11-6-5-10(19)7-14(11)24-17(12)23/h5-7,13,19H,3-4,8H2,1-2H3,(H,18,20)(H,21,22)/t13-/m1/s1. The molecule has 0 saturated carbocycles. The van der Waals surface area contributed by atoms with Crippen molar-refractivity contribution < 1.29 is 24.2 Å². The first-order valence-electron chi connectivity index (χ1n) is 7.61. The second-order valence-electron chi connectivity index (χ2n) is 5.60. The zero-order valence-corrected chi connectivity index (χ0v) is 13.5. The molecule has 0 radical (unpaired) electrons. The van der Waals surface area contributed by atoms with Gasteiger partial charge in [0.2, 0.25) is 5.91 Å². The summed E-state index contributed by atoms with van der Waals surface area (Å²) in [6.07, 6.45) is 0.655. The number of amides is 1. The van der Waals surface area contributed by atoms with E-state index in [0.29, 0.717) is 23.8 Å². The van der Waals surface area contributed by atoms with Crippen LogP contribution in [0.3, 0.4) is 0 Å². The first-order valence-corrected chi connectivity index (χ1v) is 7.61. The van der Waals surface area contributed by atoms with E-state index in [-0.39, 0.29) is 23.3 Å². The number of benzene rings is 1. The van der Waals surface area contributed by atoms with E-state index in [2.05, 4.69) is 5.32 Å². The first-order chi connectivity index (χ1) is 11.3. The van der Waals surface area contributed by atoms with Crippen LogP contribution in [0.25, 0.3) is 11.0 Å². The highest BCUT2D eigenvalue weighted by Crippen LogP contribution is 2.23. The number of carbonyl (C=O) groups is 2. The molecule has 0 unspecified atom stereocenters. The van der Waals surface area contributed by atoms with Crippen molar-refractivity contribution in [3.05, 3.63) is 39.7 Å². The Hall–Kier alpha value is -2.83. The highest BCUT2D eigenvalue weighted by molar-refractivity contribution is 5.87. The van der Waals surface area contributed by atoms with Crippen molar-refractivity contribution in [3.8, 4) is 5.75 Å². The number of phenols is 1. The molecule has 0 saturated heterocycles. The van der Waals surface area contributed by atoms with Gasteiger partial charge in [-0.2, -0.15) is 0 Å². The largest absolute Gasteiger partial charge is 0.508 e. The lowest BCUT2D eigenvalue weighted by Crippen LogP contribution is -2.41. The molecule has 0 fully saturated rings. The fourth-order valence-corrected chi connectivity index (χ4v) is 2.54. The predicted molar refractivity (Wildman–Crippen MR) is 87.1 cm³/mol. The number of fused-ring (bicyclic) bond motifs is 1. The van der Waals surface area contributed by atoms with Crippen molar-refractivity contribution in [2.75, 3.05) is 0 Å². The highest BCUT2D eigenvalue weighted by atomic mass is 16.4. The Bertz CT molecular complexity index is 839. The average molecular weight is 333 g/mol. The van der Waals surface area contributed by atoms with Crippen LogP contribution in [0.1, 0.15) is 30.9 Å². The maximum Gasteiger partial charge on any atom is 0.340 e. The van der Waals surface area contributed by atoms with E-state index in [9.17, 15) is 19.5 Å². The molecule has 0 bridgehead atoms. The van der Waals surface area contributed by atoms with Crippen LogP contribution in [-0.2, 0) is 16.0 Å². The van der Waals surface area contributed by atoms with Crippen molar-refractivity contribution in [1.29, 1.82) is 0 Å². The van der Waals surface area contributed by atoms with E-state index in [1.165, 1.54) is 12.1 Å². The third-order valence-corrected chi connectivity index (χ3v) is 3.82. The molecule has 1 atom stereocenters. The third kappa shape index (κ3) is 3.73. The lowest BCUT2D eigenvalue weighted by molar-refractivity contribution is -0.141. The molecular weight excluding hydrogens is 314 g/mol. The van der Waals surface area contributed by atoms with E-state index in [0.717, 1.165) is 0 Å². The number of aliphatic carboxylic acids is 1. The van der Waals surface area contributed by atoms with Gasteiger partial charge in [0.15, 0.2) is 0 Å². The third-order valence-electron chi connectivity index (χ3n) is 3.82. The molecule has 0 aliphatic heterocycles. The summed E-state index contributed by atoms with van der Waals surface area (Å²) >= 11 is 0. The zero-order valence-electron chi connectivity index (χ0n) is 13.5. The van der Waals surface area contributed by atoms with Gasteiger partial charge in [0.25, 0.3) is 0 Å². The van der Waals surface area contributed by atoms with Crippen molar-refractivity contribution in [2.24, 2.45) is 0 Å². The monoisotopic (exact) mass is 333 g/mol. The number of carboxylic acids is 1. The summed E-state index contributed by atoms with van der Waals surface area (Å²) in [5.74, 6) is -1.69. The van der Waals surface area contributed by atoms with Crippen LogP contribution in [0.15, 0.2) is 27.4 Å². The minimum absolute atomic E-state index is 0.0283. The molecular formula is C17H19NO6. The van der Waals surface area contributed by atoms with Crippen molar-refractivity contribution >= 4 is 22.8 Å². The Kier molecular flexibility index (Phi) is 5.23. The van der Waals surface area contributed by atoms with Gasteiger partial charge in [0, 0.05) is 11.5 Å². The van der Waals surface area contributed by atoms with E-state index in [4.69, 9.17) is 9.52 Å². The minimum atomic E-state index is -1.11. The van der Waals surface area contributed by atoms with Gasteiger partial charge in [-0.25, -0.2) is 9.59 Å². The number of hydrogen-bond acceptors (Lipinski definition) is 5. The summed E-state index contributed by atoms with van der Waals surface area (Å²) < 4.78 is 5.14. The lowest BCUT2D eigenvalue weighted by atomic mass is 10.0. The summed E-state index contributed by atoms with van der Waals surface area (Å²) in [7, 11) is 0. The molecule has 0 aliphatic carbocycles. The second-order valence-corrected chi connectivity index (χ2v) is 5.60. The minimum Gasteiger partial charge on any atom is -0.508 e. The molecule has 1 aromatic heterocycles. The van der Waals surface area contributed by atoms with Crippen LogP contribution >= 0.6 is 0 Å². The zero-order chi connectivity index (χ0) is 17.9. The van der Waals surface area contributed by atoms with Gasteiger partial charge in [-0.15, -0.1) is 0 Å². The fourth-order valence-electron chi connectivity index (χ4n) is 2.54.